The van der Waals surface area contributed by atoms with Crippen LogP contribution in [-0.2, 0) is 10.0 Å². The lowest BCUT2D eigenvalue weighted by Crippen LogP contribution is -2.14. The van der Waals surface area contributed by atoms with E-state index in [1.165, 1.54) is 30.3 Å². The number of benzene rings is 2. The number of nitrogens with one attached hydrogen (secondary N) is 1. The summed E-state index contributed by atoms with van der Waals surface area (Å²) in [6, 6.07) is 10.3. The van der Waals surface area contributed by atoms with Crippen LogP contribution in [0.5, 0.6) is 0 Å². The molecular formula is C13H11BrFNO2S. The van der Waals surface area contributed by atoms with E-state index in [9.17, 15) is 12.8 Å². The summed E-state index contributed by atoms with van der Waals surface area (Å²) >= 11 is 3.30. The number of para-hydroxylation sites is 1. The molecule has 0 radical (unpaired) electrons. The van der Waals surface area contributed by atoms with E-state index in [2.05, 4.69) is 20.7 Å². The Hall–Kier alpha value is -1.40. The molecule has 0 aliphatic rings. The van der Waals surface area contributed by atoms with Gasteiger partial charge in [0.2, 0.25) is 0 Å². The minimum atomic E-state index is -3.79. The van der Waals surface area contributed by atoms with Gasteiger partial charge in [-0.05, 0) is 42.8 Å². The van der Waals surface area contributed by atoms with Crippen molar-refractivity contribution in [2.45, 2.75) is 11.8 Å². The molecule has 19 heavy (non-hydrogen) atoms. The first-order chi connectivity index (χ1) is 8.90. The van der Waals surface area contributed by atoms with Gasteiger partial charge in [-0.15, -0.1) is 0 Å². The number of hydrogen-bond acceptors (Lipinski definition) is 2. The van der Waals surface area contributed by atoms with Crippen molar-refractivity contribution in [3.05, 3.63) is 58.3 Å². The lowest BCUT2D eigenvalue weighted by atomic mass is 10.2. The van der Waals surface area contributed by atoms with Gasteiger partial charge in [0.1, 0.15) is 5.82 Å². The second-order valence-electron chi connectivity index (χ2n) is 4.00. The van der Waals surface area contributed by atoms with Gasteiger partial charge in [-0.1, -0.05) is 28.1 Å². The van der Waals surface area contributed by atoms with Gasteiger partial charge < -0.3 is 0 Å². The number of anilines is 1. The van der Waals surface area contributed by atoms with E-state index in [0.717, 1.165) is 10.0 Å². The highest BCUT2D eigenvalue weighted by Gasteiger charge is 2.16. The highest BCUT2D eigenvalue weighted by Crippen LogP contribution is 2.23. The smallest absolute Gasteiger partial charge is 0.261 e. The fraction of sp³-hybridized carbons (Fsp3) is 0.0769. The summed E-state index contributed by atoms with van der Waals surface area (Å²) in [6.45, 7) is 1.78. The van der Waals surface area contributed by atoms with Crippen LogP contribution in [0.25, 0.3) is 0 Å². The van der Waals surface area contributed by atoms with Gasteiger partial charge in [0.15, 0.2) is 0 Å². The fourth-order valence-electron chi connectivity index (χ4n) is 1.53. The van der Waals surface area contributed by atoms with Crippen molar-refractivity contribution in [3.8, 4) is 0 Å². The maximum absolute atomic E-state index is 13.4. The minimum absolute atomic E-state index is 0.0666. The van der Waals surface area contributed by atoms with Gasteiger partial charge in [-0.3, -0.25) is 4.72 Å². The van der Waals surface area contributed by atoms with Crippen LogP contribution in [0.2, 0.25) is 0 Å². The van der Waals surface area contributed by atoms with Gasteiger partial charge in [0.05, 0.1) is 10.6 Å². The van der Waals surface area contributed by atoms with Gasteiger partial charge >= 0.3 is 0 Å². The summed E-state index contributed by atoms with van der Waals surface area (Å²) < 4.78 is 40.7. The van der Waals surface area contributed by atoms with Gasteiger partial charge in [-0.2, -0.15) is 0 Å². The number of sulfonamides is 1. The second kappa shape index (κ2) is 5.30. The Morgan fingerprint density at radius 1 is 1.16 bits per heavy atom. The third-order valence-corrected chi connectivity index (χ3v) is 4.81. The summed E-state index contributed by atoms with van der Waals surface area (Å²) in [5.41, 5.74) is 0.722. The standard InChI is InChI=1S/C13H11BrFNO2S/c1-9-8-10(6-7-11(9)14)19(17,18)16-13-5-3-2-4-12(13)15/h2-8,16H,1H3. The van der Waals surface area contributed by atoms with Gasteiger partial charge in [0.25, 0.3) is 10.0 Å². The van der Waals surface area contributed by atoms with Gasteiger partial charge in [-0.25, -0.2) is 12.8 Å². The van der Waals surface area contributed by atoms with Crippen LogP contribution in [0.15, 0.2) is 51.8 Å². The Morgan fingerprint density at radius 2 is 1.84 bits per heavy atom. The average Bonchev–Trinajstić information content (AvgIpc) is 2.35. The molecule has 0 saturated heterocycles. The van der Waals surface area contributed by atoms with Gasteiger partial charge in [0, 0.05) is 4.47 Å². The predicted octanol–water partition coefficient (Wildman–Crippen LogP) is 3.70. The minimum Gasteiger partial charge on any atom is -0.277 e. The summed E-state index contributed by atoms with van der Waals surface area (Å²) in [6.07, 6.45) is 0. The maximum Gasteiger partial charge on any atom is 0.261 e. The molecule has 2 aromatic carbocycles. The van der Waals surface area contributed by atoms with Crippen molar-refractivity contribution in [3.63, 3.8) is 0 Å². The normalized spacial score (nSPS) is 11.3. The van der Waals surface area contributed by atoms with Crippen LogP contribution in [0.4, 0.5) is 10.1 Å². The Balaban J connectivity index is 2.38. The fourth-order valence-corrected chi connectivity index (χ4v) is 2.93. The Bertz CT molecular complexity index is 716. The zero-order valence-electron chi connectivity index (χ0n) is 10.0. The van der Waals surface area contributed by atoms with Crippen LogP contribution < -0.4 is 4.72 Å². The van der Waals surface area contributed by atoms with E-state index >= 15 is 0 Å². The molecule has 0 saturated carbocycles. The molecule has 0 atom stereocenters. The number of hydrogen-bond donors (Lipinski definition) is 1. The molecule has 0 aliphatic heterocycles. The van der Waals surface area contributed by atoms with Crippen LogP contribution in [0, 0.1) is 12.7 Å². The van der Waals surface area contributed by atoms with Crippen molar-refractivity contribution < 1.29 is 12.8 Å². The number of halogens is 2. The highest BCUT2D eigenvalue weighted by molar-refractivity contribution is 9.10. The first kappa shape index (κ1) is 14.0. The number of aryl methyl sites for hydroxylation is 1. The molecule has 0 bridgehead atoms. The highest BCUT2D eigenvalue weighted by atomic mass is 79.9. The third kappa shape index (κ3) is 3.13. The molecule has 2 aromatic rings. The molecule has 0 spiro atoms. The van der Waals surface area contributed by atoms with E-state index in [0.29, 0.717) is 0 Å². The molecule has 0 heterocycles. The maximum atomic E-state index is 13.4. The van der Waals surface area contributed by atoms with Crippen LogP contribution in [0.3, 0.4) is 0 Å². The lowest BCUT2D eigenvalue weighted by Gasteiger charge is -2.09. The van der Waals surface area contributed by atoms with Crippen molar-refractivity contribution in [2.24, 2.45) is 0 Å². The Labute approximate surface area is 119 Å². The molecule has 1 N–H and O–H groups in total. The van der Waals surface area contributed by atoms with Crippen LogP contribution in [0.1, 0.15) is 5.56 Å². The quantitative estimate of drug-likeness (QED) is 0.923. The zero-order valence-corrected chi connectivity index (χ0v) is 12.4. The molecule has 0 unspecified atom stereocenters. The Kier molecular flexibility index (Phi) is 3.91. The van der Waals surface area contributed by atoms with E-state index in [1.54, 1.807) is 19.1 Å². The molecule has 0 aliphatic carbocycles. The zero-order chi connectivity index (χ0) is 14.0. The lowest BCUT2D eigenvalue weighted by molar-refractivity contribution is 0.598. The first-order valence-electron chi connectivity index (χ1n) is 5.43. The number of rotatable bonds is 3. The van der Waals surface area contributed by atoms with Crippen molar-refractivity contribution >= 4 is 31.6 Å². The summed E-state index contributed by atoms with van der Waals surface area (Å²) in [5.74, 6) is -0.611. The van der Waals surface area contributed by atoms with E-state index in [-0.39, 0.29) is 10.6 Å². The van der Waals surface area contributed by atoms with Crippen molar-refractivity contribution in [1.82, 2.24) is 0 Å². The van der Waals surface area contributed by atoms with Crippen molar-refractivity contribution in [1.29, 1.82) is 0 Å². The SMILES string of the molecule is Cc1cc(S(=O)(=O)Nc2ccccc2F)ccc1Br. The molecule has 2 rings (SSSR count). The topological polar surface area (TPSA) is 46.2 Å². The summed E-state index contributed by atoms with van der Waals surface area (Å²) in [4.78, 5) is 0.0939. The molecule has 0 fully saturated rings. The van der Waals surface area contributed by atoms with Crippen LogP contribution in [-0.4, -0.2) is 8.42 Å². The average molecular weight is 344 g/mol. The first-order valence-corrected chi connectivity index (χ1v) is 7.71. The largest absolute Gasteiger partial charge is 0.277 e. The van der Waals surface area contributed by atoms with E-state index < -0.39 is 15.8 Å². The van der Waals surface area contributed by atoms with E-state index in [4.69, 9.17) is 0 Å². The predicted molar refractivity (Wildman–Crippen MR) is 76.1 cm³/mol. The molecule has 100 valence electrons. The summed E-state index contributed by atoms with van der Waals surface area (Å²) in [7, 11) is -3.79. The monoisotopic (exact) mass is 343 g/mol. The van der Waals surface area contributed by atoms with Crippen molar-refractivity contribution in [2.75, 3.05) is 4.72 Å². The molecule has 3 nitrogen and oxygen atoms in total. The van der Waals surface area contributed by atoms with E-state index in [1.807, 2.05) is 0 Å². The Morgan fingerprint density at radius 3 is 2.47 bits per heavy atom. The van der Waals surface area contributed by atoms with Crippen LogP contribution >= 0.6 is 15.9 Å². The summed E-state index contributed by atoms with van der Waals surface area (Å²) in [5, 5.41) is 0. The molecule has 0 aromatic heterocycles. The third-order valence-electron chi connectivity index (χ3n) is 2.56. The molecule has 6 heteroatoms. The molecule has 0 amide bonds. The molecular weight excluding hydrogens is 333 g/mol. The second-order valence-corrected chi connectivity index (χ2v) is 6.53.